The molecule has 4 nitrogen and oxygen atoms in total. The summed E-state index contributed by atoms with van der Waals surface area (Å²) in [4.78, 5) is 15.0. The van der Waals surface area contributed by atoms with E-state index in [0.29, 0.717) is 17.5 Å². The van der Waals surface area contributed by atoms with Gasteiger partial charge in [-0.25, -0.2) is 9.78 Å². The number of hydrogen-bond acceptors (Lipinski definition) is 3. The minimum absolute atomic E-state index is 0.247. The Morgan fingerprint density at radius 2 is 2.40 bits per heavy atom. The van der Waals surface area contributed by atoms with Crippen LogP contribution in [0.2, 0.25) is 5.02 Å². The molecule has 0 saturated heterocycles. The van der Waals surface area contributed by atoms with Gasteiger partial charge >= 0.3 is 5.69 Å². The molecule has 1 atom stereocenters. The molecule has 0 fully saturated rings. The van der Waals surface area contributed by atoms with Crippen LogP contribution in [0.3, 0.4) is 0 Å². The molecule has 1 rings (SSSR count). The largest absolute Gasteiger partial charge is 0.347 e. The summed E-state index contributed by atoms with van der Waals surface area (Å²) in [6.45, 7) is 6.59. The molecule has 5 heteroatoms. The molecule has 1 unspecified atom stereocenters. The Kier molecular flexibility index (Phi) is 4.78. The van der Waals surface area contributed by atoms with Crippen molar-refractivity contribution in [2.45, 2.75) is 20.4 Å². The average molecular weight is 230 g/mol. The monoisotopic (exact) mass is 229 g/mol. The van der Waals surface area contributed by atoms with Crippen LogP contribution in [-0.2, 0) is 6.54 Å². The fourth-order valence-electron chi connectivity index (χ4n) is 1.35. The molecule has 1 N–H and O–H groups in total. The number of halogens is 1. The minimum Gasteiger partial charge on any atom is -0.317 e. The summed E-state index contributed by atoms with van der Waals surface area (Å²) >= 11 is 5.77. The third kappa shape index (κ3) is 4.01. The average Bonchev–Trinajstić information content (AvgIpc) is 2.20. The van der Waals surface area contributed by atoms with Gasteiger partial charge in [-0.15, -0.1) is 0 Å². The molecule has 0 spiro atoms. The molecule has 0 aliphatic carbocycles. The lowest BCUT2D eigenvalue weighted by atomic mass is 10.2. The topological polar surface area (TPSA) is 46.9 Å². The van der Waals surface area contributed by atoms with Crippen LogP contribution < -0.4 is 11.0 Å². The van der Waals surface area contributed by atoms with Gasteiger partial charge in [-0.3, -0.25) is 4.57 Å². The van der Waals surface area contributed by atoms with Crippen molar-refractivity contribution in [3.05, 3.63) is 27.9 Å². The summed E-state index contributed by atoms with van der Waals surface area (Å²) in [6, 6.07) is 0. The summed E-state index contributed by atoms with van der Waals surface area (Å²) in [5, 5.41) is 3.72. The molecule has 0 amide bonds. The quantitative estimate of drug-likeness (QED) is 0.824. The normalized spacial score (nSPS) is 12.7. The van der Waals surface area contributed by atoms with Gasteiger partial charge < -0.3 is 5.32 Å². The maximum atomic E-state index is 11.4. The summed E-state index contributed by atoms with van der Waals surface area (Å²) in [7, 11) is 0. The highest BCUT2D eigenvalue weighted by Gasteiger charge is 2.04. The van der Waals surface area contributed by atoms with Crippen LogP contribution in [0.4, 0.5) is 0 Å². The second-order valence-corrected chi connectivity index (χ2v) is 4.06. The van der Waals surface area contributed by atoms with E-state index in [1.807, 2.05) is 0 Å². The summed E-state index contributed by atoms with van der Waals surface area (Å²) in [5.41, 5.74) is -0.247. The molecule has 15 heavy (non-hydrogen) atoms. The molecule has 0 radical (unpaired) electrons. The number of nitrogens with one attached hydrogen (secondary N) is 1. The zero-order chi connectivity index (χ0) is 11.3. The molecule has 84 valence electrons. The van der Waals surface area contributed by atoms with Crippen LogP contribution in [0.15, 0.2) is 17.2 Å². The van der Waals surface area contributed by atoms with E-state index in [1.54, 1.807) is 10.8 Å². The fourth-order valence-corrected chi connectivity index (χ4v) is 1.52. The maximum absolute atomic E-state index is 11.4. The van der Waals surface area contributed by atoms with Gasteiger partial charge in [0.05, 0.1) is 11.2 Å². The molecule has 0 aliphatic rings. The molecule has 0 aromatic carbocycles. The Hall–Kier alpha value is -0.870. The summed E-state index contributed by atoms with van der Waals surface area (Å²) in [5.74, 6) is 0.378. The van der Waals surface area contributed by atoms with Crippen molar-refractivity contribution in [1.29, 1.82) is 0 Å². The van der Waals surface area contributed by atoms with Crippen LogP contribution in [0.1, 0.15) is 13.8 Å². The number of aromatic nitrogens is 2. The first-order valence-electron chi connectivity index (χ1n) is 5.06. The summed E-state index contributed by atoms with van der Waals surface area (Å²) in [6.07, 6.45) is 2.99. The van der Waals surface area contributed by atoms with E-state index in [4.69, 9.17) is 11.6 Å². The minimum atomic E-state index is -0.247. The van der Waals surface area contributed by atoms with Crippen molar-refractivity contribution in [3.63, 3.8) is 0 Å². The molecular weight excluding hydrogens is 214 g/mol. The van der Waals surface area contributed by atoms with E-state index in [1.165, 1.54) is 6.20 Å². The van der Waals surface area contributed by atoms with Crippen molar-refractivity contribution >= 4 is 11.6 Å². The predicted octanol–water partition coefficient (Wildman–Crippen LogP) is 1.14. The maximum Gasteiger partial charge on any atom is 0.347 e. The van der Waals surface area contributed by atoms with Crippen molar-refractivity contribution in [1.82, 2.24) is 14.9 Å². The number of nitrogens with zero attached hydrogens (tertiary/aromatic N) is 2. The van der Waals surface area contributed by atoms with E-state index in [9.17, 15) is 4.79 Å². The fraction of sp³-hybridized carbons (Fsp3) is 0.600. The first-order chi connectivity index (χ1) is 7.13. The zero-order valence-corrected chi connectivity index (χ0v) is 9.79. The second kappa shape index (κ2) is 5.88. The zero-order valence-electron chi connectivity index (χ0n) is 9.03. The second-order valence-electron chi connectivity index (χ2n) is 3.62. The van der Waals surface area contributed by atoms with Crippen molar-refractivity contribution < 1.29 is 0 Å². The molecule has 0 saturated carbocycles. The van der Waals surface area contributed by atoms with Gasteiger partial charge in [-0.1, -0.05) is 25.4 Å². The van der Waals surface area contributed by atoms with Gasteiger partial charge in [-0.05, 0) is 19.0 Å². The lowest BCUT2D eigenvalue weighted by Crippen LogP contribution is -2.29. The Bertz CT molecular complexity index is 364. The summed E-state index contributed by atoms with van der Waals surface area (Å²) < 4.78 is 1.55. The third-order valence-corrected chi connectivity index (χ3v) is 2.27. The molecule has 0 aliphatic heterocycles. The Morgan fingerprint density at radius 3 is 3.07 bits per heavy atom. The smallest absolute Gasteiger partial charge is 0.317 e. The lowest BCUT2D eigenvalue weighted by molar-refractivity contribution is 0.440. The highest BCUT2D eigenvalue weighted by Crippen LogP contribution is 2.03. The highest BCUT2D eigenvalue weighted by molar-refractivity contribution is 6.30. The molecule has 1 aromatic heterocycles. The SMILES string of the molecule is CCNCC(C)Cn1cc(Cl)cnc1=O. The van der Waals surface area contributed by atoms with Gasteiger partial charge in [0, 0.05) is 12.7 Å². The van der Waals surface area contributed by atoms with Crippen molar-refractivity contribution in [2.75, 3.05) is 13.1 Å². The third-order valence-electron chi connectivity index (χ3n) is 2.07. The molecule has 1 heterocycles. The molecule has 1 aromatic rings. The Labute approximate surface area is 94.3 Å². The molecule has 0 bridgehead atoms. The van der Waals surface area contributed by atoms with Crippen LogP contribution in [-0.4, -0.2) is 22.6 Å². The van der Waals surface area contributed by atoms with Gasteiger partial charge in [0.15, 0.2) is 0 Å². The van der Waals surface area contributed by atoms with Crippen LogP contribution in [0.25, 0.3) is 0 Å². The number of rotatable bonds is 5. The standard InChI is InChI=1S/C10H16ClN3O/c1-3-12-4-8(2)6-14-7-9(11)5-13-10(14)15/h5,7-8,12H,3-4,6H2,1-2H3. The van der Waals surface area contributed by atoms with Gasteiger partial charge in [-0.2, -0.15) is 0 Å². The lowest BCUT2D eigenvalue weighted by Gasteiger charge is -2.13. The van der Waals surface area contributed by atoms with Gasteiger partial charge in [0.2, 0.25) is 0 Å². The van der Waals surface area contributed by atoms with E-state index in [-0.39, 0.29) is 5.69 Å². The van der Waals surface area contributed by atoms with E-state index in [2.05, 4.69) is 24.1 Å². The van der Waals surface area contributed by atoms with E-state index < -0.39 is 0 Å². The first kappa shape index (κ1) is 12.2. The van der Waals surface area contributed by atoms with E-state index in [0.717, 1.165) is 13.1 Å². The highest BCUT2D eigenvalue weighted by atomic mass is 35.5. The van der Waals surface area contributed by atoms with Crippen LogP contribution >= 0.6 is 11.6 Å². The predicted molar refractivity (Wildman–Crippen MR) is 61.2 cm³/mol. The Morgan fingerprint density at radius 1 is 1.67 bits per heavy atom. The van der Waals surface area contributed by atoms with Crippen molar-refractivity contribution in [2.24, 2.45) is 5.92 Å². The molecular formula is C10H16ClN3O. The Balaban J connectivity index is 2.63. The van der Waals surface area contributed by atoms with Gasteiger partial charge in [0.25, 0.3) is 0 Å². The van der Waals surface area contributed by atoms with Crippen molar-refractivity contribution in [3.8, 4) is 0 Å². The number of hydrogen-bond donors (Lipinski definition) is 1. The van der Waals surface area contributed by atoms with E-state index >= 15 is 0 Å². The van der Waals surface area contributed by atoms with Crippen LogP contribution in [0, 0.1) is 5.92 Å². The van der Waals surface area contributed by atoms with Crippen LogP contribution in [0.5, 0.6) is 0 Å². The first-order valence-corrected chi connectivity index (χ1v) is 5.44. The van der Waals surface area contributed by atoms with Gasteiger partial charge in [0.1, 0.15) is 0 Å².